The van der Waals surface area contributed by atoms with Crippen molar-refractivity contribution in [2.75, 3.05) is 33.3 Å². The van der Waals surface area contributed by atoms with Crippen LogP contribution in [0.3, 0.4) is 0 Å². The Morgan fingerprint density at radius 2 is 1.84 bits per heavy atom. The number of aromatic hydroxyl groups is 1. The minimum absolute atomic E-state index is 0.126. The first-order chi connectivity index (χ1) is 18.4. The van der Waals surface area contributed by atoms with Crippen LogP contribution < -0.4 is 4.74 Å². The third-order valence-electron chi connectivity index (χ3n) is 8.61. The maximum atomic E-state index is 14.0. The zero-order valence-corrected chi connectivity index (χ0v) is 22.2. The van der Waals surface area contributed by atoms with Crippen LogP contribution in [0, 0.1) is 0 Å². The second kappa shape index (κ2) is 9.66. The van der Waals surface area contributed by atoms with Crippen LogP contribution >= 0.6 is 0 Å². The van der Waals surface area contributed by atoms with Gasteiger partial charge >= 0.3 is 6.03 Å². The molecule has 2 aromatic carbocycles. The fraction of sp³-hybridized carbons (Fsp3) is 0.467. The maximum absolute atomic E-state index is 14.0. The number of methoxy groups -OCH3 is 1. The summed E-state index contributed by atoms with van der Waals surface area (Å²) in [6.45, 7) is 5.38. The number of carbonyl (C=O) groups is 2. The van der Waals surface area contributed by atoms with E-state index in [4.69, 9.17) is 4.74 Å². The number of hydrogen-bond donors (Lipinski definition) is 2. The lowest BCUT2D eigenvalue weighted by molar-refractivity contribution is -0.133. The summed E-state index contributed by atoms with van der Waals surface area (Å²) in [7, 11) is 1.64. The average Bonchev–Trinajstić information content (AvgIpc) is 3.18. The second-order valence-corrected chi connectivity index (χ2v) is 11.1. The molecule has 3 amide bonds. The molecule has 8 nitrogen and oxygen atoms in total. The number of carbonyl (C=O) groups excluding carboxylic acids is 2. The van der Waals surface area contributed by atoms with Crippen molar-refractivity contribution in [3.63, 3.8) is 0 Å². The minimum atomic E-state index is -1.03. The van der Waals surface area contributed by atoms with Gasteiger partial charge in [0.2, 0.25) is 0 Å². The number of imide groups is 1. The molecule has 0 aliphatic carbocycles. The Kier molecular flexibility index (Phi) is 6.30. The Hall–Kier alpha value is -3.52. The van der Waals surface area contributed by atoms with Crippen molar-refractivity contribution in [3.8, 4) is 11.5 Å². The largest absolute Gasteiger partial charge is 0.508 e. The lowest BCUT2D eigenvalue weighted by Gasteiger charge is -2.42. The predicted molar refractivity (Wildman–Crippen MR) is 145 cm³/mol. The number of H-pyrrole nitrogens is 1. The molecule has 6 rings (SSSR count). The highest BCUT2D eigenvalue weighted by molar-refractivity contribution is 6.08. The van der Waals surface area contributed by atoms with E-state index in [1.165, 1.54) is 30.6 Å². The zero-order chi connectivity index (χ0) is 26.4. The summed E-state index contributed by atoms with van der Waals surface area (Å²) in [5.74, 6) is 0.720. The number of fused-ring (bicyclic) bond motifs is 4. The number of aromatic nitrogens is 1. The van der Waals surface area contributed by atoms with Gasteiger partial charge in [-0.2, -0.15) is 0 Å². The van der Waals surface area contributed by atoms with Gasteiger partial charge in [0.05, 0.1) is 7.11 Å². The van der Waals surface area contributed by atoms with Gasteiger partial charge in [-0.15, -0.1) is 0 Å². The standard InChI is InChI=1S/C30H36N4O4/c1-30-19-24-23-18-22(38-2)11-12-25(23)31-26(24)27(20-9-7-10-21(35)17-20)34(30)29(37)33(28(30)36)16-8-15-32-13-5-3-4-6-14-32/h7,9-12,17-18,27,31,35H,3-6,8,13-16,19H2,1-2H3/t27?,30-/m0/s1. The lowest BCUT2D eigenvalue weighted by atomic mass is 9.81. The van der Waals surface area contributed by atoms with E-state index < -0.39 is 11.6 Å². The molecule has 0 saturated carbocycles. The number of aromatic amines is 1. The molecule has 0 bridgehead atoms. The molecule has 3 aromatic rings. The normalized spacial score (nSPS) is 24.0. The van der Waals surface area contributed by atoms with Crippen LogP contribution in [0.1, 0.15) is 61.9 Å². The van der Waals surface area contributed by atoms with E-state index in [9.17, 15) is 14.7 Å². The van der Waals surface area contributed by atoms with Crippen molar-refractivity contribution in [1.29, 1.82) is 0 Å². The Balaban J connectivity index is 1.37. The fourth-order valence-electron chi connectivity index (χ4n) is 6.67. The summed E-state index contributed by atoms with van der Waals surface area (Å²) in [6, 6.07) is 12.1. The number of nitrogens with one attached hydrogen (secondary N) is 1. The first kappa shape index (κ1) is 24.8. The molecule has 0 radical (unpaired) electrons. The number of hydrogen-bond acceptors (Lipinski definition) is 5. The molecule has 0 spiro atoms. The first-order valence-corrected chi connectivity index (χ1v) is 13.8. The Labute approximate surface area is 223 Å². The molecule has 3 aliphatic heterocycles. The average molecular weight is 517 g/mol. The van der Waals surface area contributed by atoms with Gasteiger partial charge in [-0.25, -0.2) is 4.79 Å². The van der Waals surface area contributed by atoms with Crippen LogP contribution in [0.5, 0.6) is 11.5 Å². The summed E-state index contributed by atoms with van der Waals surface area (Å²) < 4.78 is 5.49. The first-order valence-electron chi connectivity index (χ1n) is 13.8. The zero-order valence-electron chi connectivity index (χ0n) is 22.2. The van der Waals surface area contributed by atoms with E-state index in [1.54, 1.807) is 30.2 Å². The molecule has 8 heteroatoms. The monoisotopic (exact) mass is 516 g/mol. The summed E-state index contributed by atoms with van der Waals surface area (Å²) in [5.41, 5.74) is 2.56. The molecular weight excluding hydrogens is 480 g/mol. The van der Waals surface area contributed by atoms with Gasteiger partial charge in [0.15, 0.2) is 0 Å². The highest BCUT2D eigenvalue weighted by Crippen LogP contribution is 2.49. The Bertz CT molecular complexity index is 1380. The van der Waals surface area contributed by atoms with Crippen LogP contribution in [0.2, 0.25) is 0 Å². The third kappa shape index (κ3) is 4.02. The predicted octanol–water partition coefficient (Wildman–Crippen LogP) is 4.82. The molecule has 1 unspecified atom stereocenters. The summed E-state index contributed by atoms with van der Waals surface area (Å²) in [5, 5.41) is 11.3. The molecule has 2 N–H and O–H groups in total. The van der Waals surface area contributed by atoms with Crippen LogP contribution in [0.4, 0.5) is 4.79 Å². The van der Waals surface area contributed by atoms with Crippen molar-refractivity contribution < 1.29 is 19.4 Å². The molecule has 2 atom stereocenters. The van der Waals surface area contributed by atoms with Crippen LogP contribution in [0.25, 0.3) is 10.9 Å². The molecule has 2 fully saturated rings. The molecular formula is C30H36N4O4. The van der Waals surface area contributed by atoms with Gasteiger partial charge in [0.1, 0.15) is 23.1 Å². The van der Waals surface area contributed by atoms with Crippen molar-refractivity contribution >= 4 is 22.8 Å². The van der Waals surface area contributed by atoms with E-state index >= 15 is 0 Å². The third-order valence-corrected chi connectivity index (χ3v) is 8.61. The van der Waals surface area contributed by atoms with Crippen molar-refractivity contribution in [2.45, 2.75) is 57.0 Å². The number of rotatable bonds is 6. The van der Waals surface area contributed by atoms with Gasteiger partial charge in [-0.05, 0) is 87.3 Å². The van der Waals surface area contributed by atoms with Crippen molar-refractivity contribution in [3.05, 3.63) is 59.3 Å². The number of amides is 3. The van der Waals surface area contributed by atoms with Gasteiger partial charge in [-0.1, -0.05) is 25.0 Å². The molecule has 38 heavy (non-hydrogen) atoms. The number of urea groups is 1. The van der Waals surface area contributed by atoms with E-state index in [2.05, 4.69) is 9.88 Å². The summed E-state index contributed by atoms with van der Waals surface area (Å²) in [4.78, 5) is 37.2. The number of phenolic OH excluding ortho intramolecular Hbond substituents is 1. The molecule has 4 heterocycles. The van der Waals surface area contributed by atoms with Crippen LogP contribution in [-0.4, -0.2) is 75.6 Å². The van der Waals surface area contributed by atoms with Crippen molar-refractivity contribution in [2.24, 2.45) is 0 Å². The van der Waals surface area contributed by atoms with E-state index in [0.717, 1.165) is 59.5 Å². The summed E-state index contributed by atoms with van der Waals surface area (Å²) in [6.07, 6.45) is 6.18. The number of benzene rings is 2. The van der Waals surface area contributed by atoms with E-state index in [-0.39, 0.29) is 17.7 Å². The van der Waals surface area contributed by atoms with Gasteiger partial charge in [0.25, 0.3) is 5.91 Å². The quantitative estimate of drug-likeness (QED) is 0.459. The highest BCUT2D eigenvalue weighted by Gasteiger charge is 2.60. The lowest BCUT2D eigenvalue weighted by Crippen LogP contribution is -2.53. The highest BCUT2D eigenvalue weighted by atomic mass is 16.5. The SMILES string of the molecule is COc1ccc2[nH]c3c(c2c1)C[C@@]1(C)C(=O)N(CCCN2CCCCCC2)C(=O)N1C3c1cccc(O)c1. The number of nitrogens with zero attached hydrogens (tertiary/aromatic N) is 3. The minimum Gasteiger partial charge on any atom is -0.508 e. The van der Waals surface area contributed by atoms with Crippen LogP contribution in [-0.2, 0) is 11.2 Å². The molecule has 2 saturated heterocycles. The fourth-order valence-corrected chi connectivity index (χ4v) is 6.67. The maximum Gasteiger partial charge on any atom is 0.328 e. The molecule has 200 valence electrons. The Morgan fingerprint density at radius 3 is 2.58 bits per heavy atom. The van der Waals surface area contributed by atoms with Gasteiger partial charge in [-0.3, -0.25) is 14.6 Å². The smallest absolute Gasteiger partial charge is 0.328 e. The summed E-state index contributed by atoms with van der Waals surface area (Å²) >= 11 is 0. The molecule has 1 aromatic heterocycles. The molecule has 3 aliphatic rings. The van der Waals surface area contributed by atoms with Gasteiger partial charge < -0.3 is 19.7 Å². The second-order valence-electron chi connectivity index (χ2n) is 11.1. The van der Waals surface area contributed by atoms with Crippen LogP contribution in [0.15, 0.2) is 42.5 Å². The Morgan fingerprint density at radius 1 is 1.05 bits per heavy atom. The number of likely N-dealkylation sites (tertiary alicyclic amines) is 1. The van der Waals surface area contributed by atoms with E-state index in [1.807, 2.05) is 31.2 Å². The topological polar surface area (TPSA) is 89.1 Å². The van der Waals surface area contributed by atoms with Gasteiger partial charge in [0, 0.05) is 29.6 Å². The number of ether oxygens (including phenoxy) is 1. The number of phenols is 1. The van der Waals surface area contributed by atoms with Crippen molar-refractivity contribution in [1.82, 2.24) is 19.7 Å². The van der Waals surface area contributed by atoms with E-state index in [0.29, 0.717) is 13.0 Å².